The molecule has 0 fully saturated rings. The quantitative estimate of drug-likeness (QED) is 0.879. The monoisotopic (exact) mass is 305 g/mol. The Morgan fingerprint density at radius 3 is 2.47 bits per heavy atom. The molecule has 4 nitrogen and oxygen atoms in total. The number of aliphatic hydroxyl groups excluding tert-OH is 1. The normalized spacial score (nSPS) is 13.8. The highest BCUT2D eigenvalue weighted by Gasteiger charge is 2.27. The summed E-state index contributed by atoms with van der Waals surface area (Å²) in [6.45, 7) is 5.77. The summed E-state index contributed by atoms with van der Waals surface area (Å²) < 4.78 is 26.5. The summed E-state index contributed by atoms with van der Waals surface area (Å²) in [5, 5.41) is 9.54. The maximum absolute atomic E-state index is 12.5. The number of halogens is 1. The summed E-state index contributed by atoms with van der Waals surface area (Å²) >= 11 is 5.88. The predicted octanol–water partition coefficient (Wildman–Crippen LogP) is 2.64. The van der Waals surface area contributed by atoms with Gasteiger partial charge in [0.2, 0.25) is 10.0 Å². The van der Waals surface area contributed by atoms with Crippen molar-refractivity contribution < 1.29 is 13.5 Å². The van der Waals surface area contributed by atoms with E-state index in [9.17, 15) is 8.42 Å². The van der Waals surface area contributed by atoms with Gasteiger partial charge in [-0.15, -0.1) is 0 Å². The van der Waals surface area contributed by atoms with Crippen molar-refractivity contribution >= 4 is 21.6 Å². The number of benzene rings is 1. The number of aliphatic hydroxyl groups is 1. The summed E-state index contributed by atoms with van der Waals surface area (Å²) in [4.78, 5) is 0.170. The van der Waals surface area contributed by atoms with Gasteiger partial charge in [0.05, 0.1) is 11.5 Å². The highest BCUT2D eigenvalue weighted by atomic mass is 35.5. The Morgan fingerprint density at radius 2 is 2.00 bits per heavy atom. The van der Waals surface area contributed by atoms with Crippen LogP contribution in [0.25, 0.3) is 0 Å². The number of sulfonamides is 1. The first kappa shape index (κ1) is 16.4. The first-order chi connectivity index (χ1) is 8.88. The minimum Gasteiger partial charge on any atom is -0.392 e. The molecule has 0 saturated carbocycles. The zero-order valence-corrected chi connectivity index (χ0v) is 13.0. The van der Waals surface area contributed by atoms with E-state index in [1.54, 1.807) is 0 Å². The molecule has 0 bridgehead atoms. The van der Waals surface area contributed by atoms with Crippen molar-refractivity contribution in [3.8, 4) is 0 Å². The molecular weight excluding hydrogens is 286 g/mol. The van der Waals surface area contributed by atoms with E-state index in [0.29, 0.717) is 17.1 Å². The third-order valence-electron chi connectivity index (χ3n) is 3.19. The lowest BCUT2D eigenvalue weighted by molar-refractivity contribution is 0.281. The second-order valence-corrected chi connectivity index (χ2v) is 6.67. The molecule has 19 heavy (non-hydrogen) atoms. The lowest BCUT2D eigenvalue weighted by Gasteiger charge is -2.26. The van der Waals surface area contributed by atoms with Crippen molar-refractivity contribution in [2.45, 2.75) is 44.7 Å². The molecule has 0 aromatic heterocycles. The molecule has 0 aliphatic carbocycles. The molecule has 1 unspecified atom stereocenters. The number of hydrogen-bond acceptors (Lipinski definition) is 3. The van der Waals surface area contributed by atoms with Gasteiger partial charge in [-0.05, 0) is 37.1 Å². The van der Waals surface area contributed by atoms with E-state index in [4.69, 9.17) is 16.7 Å². The van der Waals surface area contributed by atoms with Gasteiger partial charge in [0.15, 0.2) is 0 Å². The van der Waals surface area contributed by atoms with Crippen LogP contribution in [0.2, 0.25) is 5.02 Å². The van der Waals surface area contributed by atoms with Gasteiger partial charge in [0.25, 0.3) is 0 Å². The molecule has 0 saturated heterocycles. The molecule has 0 radical (unpaired) electrons. The van der Waals surface area contributed by atoms with Crippen LogP contribution in [-0.4, -0.2) is 30.4 Å². The maximum atomic E-state index is 12.5. The second kappa shape index (κ2) is 6.70. The molecule has 1 aromatic carbocycles. The van der Waals surface area contributed by atoms with Crippen LogP contribution in [0.5, 0.6) is 0 Å². The van der Waals surface area contributed by atoms with Crippen molar-refractivity contribution in [2.75, 3.05) is 6.54 Å². The van der Waals surface area contributed by atoms with E-state index in [0.717, 1.165) is 6.42 Å². The molecule has 0 heterocycles. The third kappa shape index (κ3) is 3.48. The third-order valence-corrected chi connectivity index (χ3v) is 5.64. The molecule has 0 aliphatic rings. The fraction of sp³-hybridized carbons (Fsp3) is 0.538. The van der Waals surface area contributed by atoms with Gasteiger partial charge in [0, 0.05) is 17.6 Å². The highest BCUT2D eigenvalue weighted by molar-refractivity contribution is 7.89. The highest BCUT2D eigenvalue weighted by Crippen LogP contribution is 2.24. The minimum absolute atomic E-state index is 0.0664. The van der Waals surface area contributed by atoms with Gasteiger partial charge in [-0.1, -0.05) is 25.4 Å². The van der Waals surface area contributed by atoms with Gasteiger partial charge in [-0.3, -0.25) is 0 Å². The molecule has 0 amide bonds. The number of hydrogen-bond donors (Lipinski definition) is 1. The van der Waals surface area contributed by atoms with Crippen LogP contribution in [0.1, 0.15) is 32.8 Å². The predicted molar refractivity (Wildman–Crippen MR) is 76.7 cm³/mol. The Balaban J connectivity index is 3.26. The maximum Gasteiger partial charge on any atom is 0.243 e. The van der Waals surface area contributed by atoms with Crippen LogP contribution >= 0.6 is 11.6 Å². The van der Waals surface area contributed by atoms with Gasteiger partial charge >= 0.3 is 0 Å². The topological polar surface area (TPSA) is 57.6 Å². The van der Waals surface area contributed by atoms with Crippen molar-refractivity contribution in [3.63, 3.8) is 0 Å². The molecule has 1 rings (SSSR count). The molecule has 108 valence electrons. The molecule has 1 aromatic rings. The van der Waals surface area contributed by atoms with Crippen molar-refractivity contribution in [2.24, 2.45) is 0 Å². The van der Waals surface area contributed by atoms with E-state index >= 15 is 0 Å². The molecule has 1 N–H and O–H groups in total. The molecule has 6 heteroatoms. The van der Waals surface area contributed by atoms with Crippen molar-refractivity contribution in [3.05, 3.63) is 28.8 Å². The van der Waals surface area contributed by atoms with Crippen LogP contribution in [0.15, 0.2) is 23.1 Å². The van der Waals surface area contributed by atoms with E-state index in [2.05, 4.69) is 0 Å². The summed E-state index contributed by atoms with van der Waals surface area (Å²) in [6, 6.07) is 4.35. The first-order valence-electron chi connectivity index (χ1n) is 6.29. The van der Waals surface area contributed by atoms with E-state index in [1.165, 1.54) is 22.5 Å². The van der Waals surface area contributed by atoms with Gasteiger partial charge in [-0.2, -0.15) is 4.31 Å². The van der Waals surface area contributed by atoms with Crippen molar-refractivity contribution in [1.29, 1.82) is 0 Å². The standard InChI is InChI=1S/C13H20ClNO3S/c1-4-10(3)15(5-2)19(17,18)12-6-7-13(14)11(8-12)9-16/h6-8,10,16H,4-5,9H2,1-3H3. The lowest BCUT2D eigenvalue weighted by Crippen LogP contribution is -2.38. The average molecular weight is 306 g/mol. The molecule has 1 atom stereocenters. The van der Waals surface area contributed by atoms with Crippen LogP contribution in [0.3, 0.4) is 0 Å². The Hall–Kier alpha value is -0.620. The van der Waals surface area contributed by atoms with Crippen LogP contribution < -0.4 is 0 Å². The molecule has 0 aliphatic heterocycles. The summed E-state index contributed by atoms with van der Waals surface area (Å²) in [7, 11) is -3.55. The zero-order chi connectivity index (χ0) is 14.6. The van der Waals surface area contributed by atoms with Gasteiger partial charge in [0.1, 0.15) is 0 Å². The average Bonchev–Trinajstić information content (AvgIpc) is 2.39. The minimum atomic E-state index is -3.55. The van der Waals surface area contributed by atoms with Crippen molar-refractivity contribution in [1.82, 2.24) is 4.31 Å². The number of nitrogens with zero attached hydrogens (tertiary/aromatic N) is 1. The number of rotatable bonds is 6. The smallest absolute Gasteiger partial charge is 0.243 e. The van der Waals surface area contributed by atoms with E-state index < -0.39 is 10.0 Å². The first-order valence-corrected chi connectivity index (χ1v) is 8.11. The Bertz CT molecular complexity index is 531. The van der Waals surface area contributed by atoms with Crippen LogP contribution in [0, 0.1) is 0 Å². The zero-order valence-electron chi connectivity index (χ0n) is 11.4. The molecular formula is C13H20ClNO3S. The summed E-state index contributed by atoms with van der Waals surface area (Å²) in [6.07, 6.45) is 0.744. The van der Waals surface area contributed by atoms with E-state index in [1.807, 2.05) is 20.8 Å². The van der Waals surface area contributed by atoms with Crippen LogP contribution in [-0.2, 0) is 16.6 Å². The van der Waals surface area contributed by atoms with Crippen LogP contribution in [0.4, 0.5) is 0 Å². The largest absolute Gasteiger partial charge is 0.392 e. The molecule has 0 spiro atoms. The lowest BCUT2D eigenvalue weighted by atomic mass is 10.2. The fourth-order valence-electron chi connectivity index (χ4n) is 1.89. The Morgan fingerprint density at radius 1 is 1.37 bits per heavy atom. The van der Waals surface area contributed by atoms with E-state index in [-0.39, 0.29) is 17.5 Å². The second-order valence-electron chi connectivity index (χ2n) is 4.38. The van der Waals surface area contributed by atoms with Gasteiger partial charge < -0.3 is 5.11 Å². The van der Waals surface area contributed by atoms with Gasteiger partial charge in [-0.25, -0.2) is 8.42 Å². The fourth-order valence-corrected chi connectivity index (χ4v) is 3.83. The summed E-state index contributed by atoms with van der Waals surface area (Å²) in [5.74, 6) is 0. The Kier molecular flexibility index (Phi) is 5.80. The Labute approximate surface area is 120 Å². The summed E-state index contributed by atoms with van der Waals surface area (Å²) in [5.41, 5.74) is 0.419. The SMILES string of the molecule is CCC(C)N(CC)S(=O)(=O)c1ccc(Cl)c(CO)c1.